The van der Waals surface area contributed by atoms with Crippen LogP contribution >= 0.6 is 0 Å². The molecule has 2 N–H and O–H groups in total. The molecular weight excluding hydrogens is 232 g/mol. The molecule has 1 rings (SSSR count). The number of nitrogen functional groups attached to an aromatic ring is 1. The van der Waals surface area contributed by atoms with Gasteiger partial charge in [-0.1, -0.05) is 39.7 Å². The van der Waals surface area contributed by atoms with Gasteiger partial charge in [-0.15, -0.1) is 0 Å². The van der Waals surface area contributed by atoms with Crippen molar-refractivity contribution in [1.29, 1.82) is 0 Å². The van der Waals surface area contributed by atoms with E-state index in [1.807, 2.05) is 6.07 Å². The first-order valence-corrected chi connectivity index (χ1v) is 7.80. The van der Waals surface area contributed by atoms with Crippen molar-refractivity contribution in [3.05, 3.63) is 29.3 Å². The van der Waals surface area contributed by atoms with E-state index in [-0.39, 0.29) is 0 Å². The fourth-order valence-corrected chi connectivity index (χ4v) is 2.41. The molecule has 0 heterocycles. The van der Waals surface area contributed by atoms with Crippen LogP contribution in [0.15, 0.2) is 18.2 Å². The van der Waals surface area contributed by atoms with Crippen LogP contribution in [0.3, 0.4) is 0 Å². The first-order valence-electron chi connectivity index (χ1n) is 7.80. The molecule has 0 aliphatic carbocycles. The first-order chi connectivity index (χ1) is 9.21. The van der Waals surface area contributed by atoms with Crippen molar-refractivity contribution in [3.8, 4) is 0 Å². The lowest BCUT2D eigenvalue weighted by Gasteiger charge is -2.23. The van der Waals surface area contributed by atoms with E-state index in [1.165, 1.54) is 49.9 Å². The molecule has 2 heteroatoms. The Morgan fingerprint density at radius 1 is 0.947 bits per heavy atom. The molecule has 0 saturated carbocycles. The molecule has 1 aromatic rings. The van der Waals surface area contributed by atoms with Crippen LogP contribution in [0.1, 0.15) is 57.6 Å². The SMILES string of the molecule is CCCCN(CCCC)Cc1cc(N)ccc1CC. The molecule has 0 aromatic heterocycles. The van der Waals surface area contributed by atoms with Crippen molar-refractivity contribution in [2.24, 2.45) is 0 Å². The third-order valence-electron chi connectivity index (χ3n) is 3.66. The minimum absolute atomic E-state index is 0.887. The molecule has 0 saturated heterocycles. The average Bonchev–Trinajstić information content (AvgIpc) is 2.42. The lowest BCUT2D eigenvalue weighted by Crippen LogP contribution is -2.26. The van der Waals surface area contributed by atoms with Crippen molar-refractivity contribution < 1.29 is 0 Å². The lowest BCUT2D eigenvalue weighted by atomic mass is 10.0. The quantitative estimate of drug-likeness (QED) is 0.675. The molecule has 2 nitrogen and oxygen atoms in total. The zero-order chi connectivity index (χ0) is 14.1. The number of anilines is 1. The zero-order valence-electron chi connectivity index (χ0n) is 12.9. The van der Waals surface area contributed by atoms with Crippen LogP contribution in [0.2, 0.25) is 0 Å². The Balaban J connectivity index is 2.72. The van der Waals surface area contributed by atoms with Crippen molar-refractivity contribution in [2.45, 2.75) is 59.4 Å². The van der Waals surface area contributed by atoms with Crippen molar-refractivity contribution in [3.63, 3.8) is 0 Å². The van der Waals surface area contributed by atoms with Gasteiger partial charge in [0.25, 0.3) is 0 Å². The Morgan fingerprint density at radius 2 is 1.58 bits per heavy atom. The number of hydrogen-bond donors (Lipinski definition) is 1. The van der Waals surface area contributed by atoms with Gasteiger partial charge in [0.05, 0.1) is 0 Å². The Bertz CT molecular complexity index is 352. The molecule has 0 spiro atoms. The van der Waals surface area contributed by atoms with Gasteiger partial charge in [0.1, 0.15) is 0 Å². The molecule has 0 aliphatic heterocycles. The van der Waals surface area contributed by atoms with Crippen LogP contribution in [0.25, 0.3) is 0 Å². The second-order valence-corrected chi connectivity index (χ2v) is 5.36. The fraction of sp³-hybridized carbons (Fsp3) is 0.647. The number of benzene rings is 1. The highest BCUT2D eigenvalue weighted by atomic mass is 15.1. The summed E-state index contributed by atoms with van der Waals surface area (Å²) in [5.74, 6) is 0. The number of nitrogens with two attached hydrogens (primary N) is 1. The summed E-state index contributed by atoms with van der Waals surface area (Å²) in [6.07, 6.45) is 6.19. The summed E-state index contributed by atoms with van der Waals surface area (Å²) in [4.78, 5) is 2.58. The van der Waals surface area contributed by atoms with Crippen molar-refractivity contribution >= 4 is 5.69 Å². The van der Waals surface area contributed by atoms with Crippen LogP contribution in [0, 0.1) is 0 Å². The molecule has 0 amide bonds. The number of rotatable bonds is 9. The molecule has 1 aromatic carbocycles. The summed E-state index contributed by atoms with van der Waals surface area (Å²) < 4.78 is 0. The van der Waals surface area contributed by atoms with Gasteiger partial charge >= 0.3 is 0 Å². The number of unbranched alkanes of at least 4 members (excludes halogenated alkanes) is 2. The maximum atomic E-state index is 5.94. The van der Waals surface area contributed by atoms with E-state index in [0.717, 1.165) is 18.7 Å². The number of nitrogens with zero attached hydrogens (tertiary/aromatic N) is 1. The smallest absolute Gasteiger partial charge is 0.0317 e. The van der Waals surface area contributed by atoms with Gasteiger partial charge in [-0.2, -0.15) is 0 Å². The van der Waals surface area contributed by atoms with Gasteiger partial charge in [0.15, 0.2) is 0 Å². The molecule has 19 heavy (non-hydrogen) atoms. The molecule has 108 valence electrons. The molecule has 0 fully saturated rings. The maximum Gasteiger partial charge on any atom is 0.0317 e. The second kappa shape index (κ2) is 8.98. The molecule has 0 bridgehead atoms. The summed E-state index contributed by atoms with van der Waals surface area (Å²) in [6.45, 7) is 10.2. The first kappa shape index (κ1) is 16.0. The monoisotopic (exact) mass is 262 g/mol. The van der Waals surface area contributed by atoms with Gasteiger partial charge in [0, 0.05) is 12.2 Å². The van der Waals surface area contributed by atoms with E-state index in [2.05, 4.69) is 37.8 Å². The normalized spacial score (nSPS) is 11.2. The predicted octanol–water partition coefficient (Wildman–Crippen LogP) is 4.23. The van der Waals surface area contributed by atoms with Crippen molar-refractivity contribution in [1.82, 2.24) is 4.90 Å². The summed E-state index contributed by atoms with van der Waals surface area (Å²) in [5.41, 5.74) is 9.68. The standard InChI is InChI=1S/C17H30N2/c1-4-7-11-19(12-8-5-2)14-16-13-17(18)10-9-15(16)6-3/h9-10,13H,4-8,11-12,14,18H2,1-3H3. The lowest BCUT2D eigenvalue weighted by molar-refractivity contribution is 0.256. The van der Waals surface area contributed by atoms with Gasteiger partial charge in [-0.25, -0.2) is 0 Å². The van der Waals surface area contributed by atoms with E-state index in [9.17, 15) is 0 Å². The zero-order valence-corrected chi connectivity index (χ0v) is 12.9. The third-order valence-corrected chi connectivity index (χ3v) is 3.66. The summed E-state index contributed by atoms with van der Waals surface area (Å²) in [6, 6.07) is 6.36. The van der Waals surface area contributed by atoms with E-state index < -0.39 is 0 Å². The summed E-state index contributed by atoms with van der Waals surface area (Å²) in [7, 11) is 0. The third kappa shape index (κ3) is 5.65. The van der Waals surface area contributed by atoms with E-state index in [1.54, 1.807) is 0 Å². The maximum absolute atomic E-state index is 5.94. The highest BCUT2D eigenvalue weighted by Gasteiger charge is 2.08. The number of aryl methyl sites for hydroxylation is 1. The molecule has 0 unspecified atom stereocenters. The molecule has 0 atom stereocenters. The molecular formula is C17H30N2. The molecule has 0 aliphatic rings. The van der Waals surface area contributed by atoms with E-state index in [0.29, 0.717) is 0 Å². The average molecular weight is 262 g/mol. The number of hydrogen-bond acceptors (Lipinski definition) is 2. The minimum Gasteiger partial charge on any atom is -0.399 e. The Kier molecular flexibility index (Phi) is 7.57. The fourth-order valence-electron chi connectivity index (χ4n) is 2.41. The Hall–Kier alpha value is -1.02. The Morgan fingerprint density at radius 3 is 2.11 bits per heavy atom. The predicted molar refractivity (Wildman–Crippen MR) is 85.3 cm³/mol. The highest BCUT2D eigenvalue weighted by Crippen LogP contribution is 2.17. The van der Waals surface area contributed by atoms with E-state index >= 15 is 0 Å². The second-order valence-electron chi connectivity index (χ2n) is 5.36. The van der Waals surface area contributed by atoms with E-state index in [4.69, 9.17) is 5.73 Å². The van der Waals surface area contributed by atoms with Gasteiger partial charge in [-0.3, -0.25) is 4.90 Å². The van der Waals surface area contributed by atoms with Crippen LogP contribution in [0.4, 0.5) is 5.69 Å². The largest absolute Gasteiger partial charge is 0.399 e. The van der Waals surface area contributed by atoms with Crippen LogP contribution in [0.5, 0.6) is 0 Å². The van der Waals surface area contributed by atoms with Crippen LogP contribution in [-0.2, 0) is 13.0 Å². The van der Waals surface area contributed by atoms with Crippen molar-refractivity contribution in [2.75, 3.05) is 18.8 Å². The van der Waals surface area contributed by atoms with Gasteiger partial charge < -0.3 is 5.73 Å². The van der Waals surface area contributed by atoms with Crippen LogP contribution < -0.4 is 5.73 Å². The Labute approximate surface area is 119 Å². The topological polar surface area (TPSA) is 29.3 Å². The van der Waals surface area contributed by atoms with Crippen LogP contribution in [-0.4, -0.2) is 18.0 Å². The molecule has 0 radical (unpaired) electrons. The summed E-state index contributed by atoms with van der Waals surface area (Å²) in [5, 5.41) is 0. The minimum atomic E-state index is 0.887. The van der Waals surface area contributed by atoms with Gasteiger partial charge in [-0.05, 0) is 55.6 Å². The summed E-state index contributed by atoms with van der Waals surface area (Å²) >= 11 is 0. The van der Waals surface area contributed by atoms with Gasteiger partial charge in [0.2, 0.25) is 0 Å². The highest BCUT2D eigenvalue weighted by molar-refractivity contribution is 5.44.